The van der Waals surface area contributed by atoms with Gasteiger partial charge in [0.15, 0.2) is 0 Å². The van der Waals surface area contributed by atoms with Gasteiger partial charge in [-0.3, -0.25) is 9.69 Å². The molecule has 5 heteroatoms. The fraction of sp³-hybridized carbons (Fsp3) is 0.429. The minimum absolute atomic E-state index is 0.244. The third kappa shape index (κ3) is 2.48. The Morgan fingerprint density at radius 2 is 2.26 bits per heavy atom. The summed E-state index contributed by atoms with van der Waals surface area (Å²) in [6.07, 6.45) is 0. The Bertz CT molecular complexity index is 571. The van der Waals surface area contributed by atoms with E-state index in [1.54, 1.807) is 18.3 Å². The fourth-order valence-electron chi connectivity index (χ4n) is 2.44. The summed E-state index contributed by atoms with van der Waals surface area (Å²) in [5, 5.41) is 10.1. The van der Waals surface area contributed by atoms with Crippen LogP contribution in [0.1, 0.15) is 11.9 Å². The van der Waals surface area contributed by atoms with Crippen LogP contribution in [0.3, 0.4) is 0 Å². The lowest BCUT2D eigenvalue weighted by atomic mass is 9.87. The number of aromatic nitrogens is 1. The van der Waals surface area contributed by atoms with Gasteiger partial charge in [0.05, 0.1) is 22.7 Å². The maximum absolute atomic E-state index is 10.9. The third-order valence-electron chi connectivity index (χ3n) is 3.78. The van der Waals surface area contributed by atoms with Gasteiger partial charge in [0.1, 0.15) is 5.01 Å². The van der Waals surface area contributed by atoms with E-state index >= 15 is 0 Å². The number of likely N-dealkylation sites (tertiary alicyclic amines) is 1. The number of benzene rings is 1. The highest BCUT2D eigenvalue weighted by Crippen LogP contribution is 2.28. The Hall–Kier alpha value is -1.46. The van der Waals surface area contributed by atoms with E-state index in [1.807, 2.05) is 18.2 Å². The molecular weight excluding hydrogens is 260 g/mol. The Kier molecular flexibility index (Phi) is 3.24. The molecule has 0 saturated carbocycles. The molecule has 1 atom stereocenters. The third-order valence-corrected chi connectivity index (χ3v) is 4.80. The number of para-hydroxylation sites is 1. The van der Waals surface area contributed by atoms with Crippen LogP contribution in [0.15, 0.2) is 24.3 Å². The van der Waals surface area contributed by atoms with E-state index in [-0.39, 0.29) is 11.8 Å². The number of carboxylic acids is 1. The maximum atomic E-state index is 10.9. The summed E-state index contributed by atoms with van der Waals surface area (Å²) in [5.41, 5.74) is 1.05. The molecule has 0 amide bonds. The molecule has 19 heavy (non-hydrogen) atoms. The number of hydrogen-bond acceptors (Lipinski definition) is 4. The summed E-state index contributed by atoms with van der Waals surface area (Å²) in [6, 6.07) is 8.14. The Labute approximate surface area is 115 Å². The second-order valence-electron chi connectivity index (χ2n) is 5.16. The van der Waals surface area contributed by atoms with Crippen molar-refractivity contribution in [2.24, 2.45) is 11.8 Å². The highest BCUT2D eigenvalue weighted by molar-refractivity contribution is 7.18. The molecule has 1 N–H and O–H groups in total. The molecule has 100 valence electrons. The number of carbonyl (C=O) groups is 1. The van der Waals surface area contributed by atoms with E-state index in [0.717, 1.165) is 30.2 Å². The van der Waals surface area contributed by atoms with E-state index in [4.69, 9.17) is 5.11 Å². The zero-order valence-electron chi connectivity index (χ0n) is 10.7. The van der Waals surface area contributed by atoms with Crippen LogP contribution in [0.5, 0.6) is 0 Å². The quantitative estimate of drug-likeness (QED) is 0.932. The summed E-state index contributed by atoms with van der Waals surface area (Å²) in [4.78, 5) is 17.8. The van der Waals surface area contributed by atoms with E-state index in [9.17, 15) is 4.79 Å². The molecule has 2 heterocycles. The van der Waals surface area contributed by atoms with Gasteiger partial charge in [-0.05, 0) is 18.1 Å². The van der Waals surface area contributed by atoms with Crippen LogP contribution >= 0.6 is 11.3 Å². The average Bonchev–Trinajstić information content (AvgIpc) is 2.74. The van der Waals surface area contributed by atoms with Gasteiger partial charge in [-0.25, -0.2) is 4.98 Å². The molecule has 2 aromatic rings. The van der Waals surface area contributed by atoms with Crippen molar-refractivity contribution in [2.75, 3.05) is 13.1 Å². The largest absolute Gasteiger partial charge is 0.481 e. The van der Waals surface area contributed by atoms with Crippen LogP contribution < -0.4 is 0 Å². The van der Waals surface area contributed by atoms with Crippen LogP contribution in [-0.4, -0.2) is 34.0 Å². The molecule has 0 radical (unpaired) electrons. The predicted octanol–water partition coefficient (Wildman–Crippen LogP) is 2.45. The van der Waals surface area contributed by atoms with Crippen molar-refractivity contribution in [3.05, 3.63) is 29.3 Å². The normalized spacial score (nSPS) is 18.4. The minimum atomic E-state index is -0.690. The highest BCUT2D eigenvalue weighted by atomic mass is 32.1. The molecule has 0 bridgehead atoms. The SMILES string of the molecule is CC(C(=O)O)C1CN(Cc2nc3ccccc3s2)C1. The second-order valence-corrected chi connectivity index (χ2v) is 6.27. The Balaban J connectivity index is 1.60. The van der Waals surface area contributed by atoms with E-state index in [1.165, 1.54) is 4.70 Å². The number of thiazole rings is 1. The van der Waals surface area contributed by atoms with Crippen LogP contribution in [-0.2, 0) is 11.3 Å². The van der Waals surface area contributed by atoms with Crippen LogP contribution in [0.4, 0.5) is 0 Å². The molecule has 1 aliphatic heterocycles. The van der Waals surface area contributed by atoms with Gasteiger partial charge in [-0.1, -0.05) is 19.1 Å². The van der Waals surface area contributed by atoms with Crippen molar-refractivity contribution in [1.29, 1.82) is 0 Å². The van der Waals surface area contributed by atoms with Crippen molar-refractivity contribution in [2.45, 2.75) is 13.5 Å². The second kappa shape index (κ2) is 4.90. The first-order valence-electron chi connectivity index (χ1n) is 6.43. The van der Waals surface area contributed by atoms with Gasteiger partial charge < -0.3 is 5.11 Å². The van der Waals surface area contributed by atoms with Gasteiger partial charge in [0.2, 0.25) is 0 Å². The minimum Gasteiger partial charge on any atom is -0.481 e. The summed E-state index contributed by atoms with van der Waals surface area (Å²) in [5.74, 6) is -0.650. The predicted molar refractivity (Wildman–Crippen MR) is 75.2 cm³/mol. The summed E-state index contributed by atoms with van der Waals surface area (Å²) < 4.78 is 1.22. The smallest absolute Gasteiger partial charge is 0.306 e. The summed E-state index contributed by atoms with van der Waals surface area (Å²) in [6.45, 7) is 4.36. The maximum Gasteiger partial charge on any atom is 0.306 e. The van der Waals surface area contributed by atoms with Gasteiger partial charge in [-0.2, -0.15) is 0 Å². The zero-order chi connectivity index (χ0) is 13.4. The number of aliphatic carboxylic acids is 1. The summed E-state index contributed by atoms with van der Waals surface area (Å²) in [7, 11) is 0. The van der Waals surface area contributed by atoms with Gasteiger partial charge in [0.25, 0.3) is 0 Å². The summed E-state index contributed by atoms with van der Waals surface area (Å²) >= 11 is 1.72. The zero-order valence-corrected chi connectivity index (χ0v) is 11.6. The number of nitrogens with zero attached hydrogens (tertiary/aromatic N) is 2. The molecule has 1 aliphatic rings. The number of carboxylic acid groups (broad SMARTS) is 1. The topological polar surface area (TPSA) is 53.4 Å². The van der Waals surface area contributed by atoms with Gasteiger partial charge in [-0.15, -0.1) is 11.3 Å². The number of hydrogen-bond donors (Lipinski definition) is 1. The molecule has 1 fully saturated rings. The fourth-order valence-corrected chi connectivity index (χ4v) is 3.45. The Morgan fingerprint density at radius 3 is 2.95 bits per heavy atom. The highest BCUT2D eigenvalue weighted by Gasteiger charge is 2.34. The molecule has 4 nitrogen and oxygen atoms in total. The average molecular weight is 276 g/mol. The lowest BCUT2D eigenvalue weighted by Crippen LogP contribution is -2.50. The molecule has 0 aliphatic carbocycles. The lowest BCUT2D eigenvalue weighted by Gasteiger charge is -2.40. The van der Waals surface area contributed by atoms with Crippen molar-refractivity contribution < 1.29 is 9.90 Å². The van der Waals surface area contributed by atoms with E-state index in [2.05, 4.69) is 16.0 Å². The number of rotatable bonds is 4. The van der Waals surface area contributed by atoms with Crippen molar-refractivity contribution in [3.63, 3.8) is 0 Å². The lowest BCUT2D eigenvalue weighted by molar-refractivity contribution is -0.145. The molecule has 1 aromatic heterocycles. The standard InChI is InChI=1S/C14H16N2O2S/c1-9(14(17)18)10-6-16(7-10)8-13-15-11-4-2-3-5-12(11)19-13/h2-5,9-10H,6-8H2,1H3,(H,17,18). The van der Waals surface area contributed by atoms with Gasteiger partial charge in [0, 0.05) is 13.1 Å². The molecule has 1 aromatic carbocycles. The van der Waals surface area contributed by atoms with Crippen molar-refractivity contribution in [1.82, 2.24) is 9.88 Å². The first-order chi connectivity index (χ1) is 9.13. The van der Waals surface area contributed by atoms with Crippen molar-refractivity contribution in [3.8, 4) is 0 Å². The van der Waals surface area contributed by atoms with E-state index in [0.29, 0.717) is 0 Å². The molecular formula is C14H16N2O2S. The van der Waals surface area contributed by atoms with Gasteiger partial charge >= 0.3 is 5.97 Å². The Morgan fingerprint density at radius 1 is 1.53 bits per heavy atom. The van der Waals surface area contributed by atoms with Crippen LogP contribution in [0.2, 0.25) is 0 Å². The molecule has 0 spiro atoms. The van der Waals surface area contributed by atoms with Crippen LogP contribution in [0.25, 0.3) is 10.2 Å². The van der Waals surface area contributed by atoms with Crippen LogP contribution in [0, 0.1) is 11.8 Å². The monoisotopic (exact) mass is 276 g/mol. The first kappa shape index (κ1) is 12.6. The first-order valence-corrected chi connectivity index (χ1v) is 7.25. The number of fused-ring (bicyclic) bond motifs is 1. The van der Waals surface area contributed by atoms with E-state index < -0.39 is 5.97 Å². The molecule has 1 unspecified atom stereocenters. The molecule has 1 saturated heterocycles. The molecule has 3 rings (SSSR count). The van der Waals surface area contributed by atoms with Crippen molar-refractivity contribution >= 4 is 27.5 Å².